The summed E-state index contributed by atoms with van der Waals surface area (Å²) in [4.78, 5) is 16.5. The molecule has 1 heterocycles. The number of hydrogen-bond donors (Lipinski definition) is 0. The topological polar surface area (TPSA) is 48.4 Å². The Morgan fingerprint density at radius 2 is 1.84 bits per heavy atom. The van der Waals surface area contributed by atoms with E-state index in [4.69, 9.17) is 21.1 Å². The maximum atomic E-state index is 12.0. The summed E-state index contributed by atoms with van der Waals surface area (Å²) >= 11 is 7.40. The van der Waals surface area contributed by atoms with Crippen LogP contribution in [0, 0.1) is 0 Å². The molecule has 0 aliphatic carbocycles. The second kappa shape index (κ2) is 8.14. The number of halogens is 1. The Hall–Kier alpha value is -2.37. The van der Waals surface area contributed by atoms with Gasteiger partial charge < -0.3 is 9.47 Å². The Kier molecular flexibility index (Phi) is 5.68. The number of benzene rings is 2. The predicted molar refractivity (Wildman–Crippen MR) is 99.1 cm³/mol. The summed E-state index contributed by atoms with van der Waals surface area (Å²) < 4.78 is 10.4. The smallest absolute Gasteiger partial charge is 0.310 e. The van der Waals surface area contributed by atoms with Crippen LogP contribution in [0.2, 0.25) is 5.02 Å². The van der Waals surface area contributed by atoms with E-state index >= 15 is 0 Å². The van der Waals surface area contributed by atoms with Gasteiger partial charge in [-0.1, -0.05) is 35.9 Å². The number of methoxy groups -OCH3 is 1. The van der Waals surface area contributed by atoms with Crippen LogP contribution in [0.5, 0.6) is 5.75 Å². The van der Waals surface area contributed by atoms with Gasteiger partial charge in [-0.15, -0.1) is 11.3 Å². The first-order valence-corrected chi connectivity index (χ1v) is 8.89. The van der Waals surface area contributed by atoms with Gasteiger partial charge in [-0.2, -0.15) is 0 Å². The fourth-order valence-corrected chi connectivity index (χ4v) is 3.15. The highest BCUT2D eigenvalue weighted by molar-refractivity contribution is 7.13. The summed E-state index contributed by atoms with van der Waals surface area (Å²) in [5.41, 5.74) is 2.61. The van der Waals surface area contributed by atoms with Crippen LogP contribution in [-0.4, -0.2) is 18.1 Å². The molecule has 0 unspecified atom stereocenters. The van der Waals surface area contributed by atoms with E-state index in [1.165, 1.54) is 11.3 Å². The first-order valence-electron chi connectivity index (χ1n) is 7.63. The fourth-order valence-electron chi connectivity index (χ4n) is 2.21. The number of ether oxygens (including phenoxy) is 2. The zero-order valence-corrected chi connectivity index (χ0v) is 15.1. The van der Waals surface area contributed by atoms with Gasteiger partial charge in [-0.3, -0.25) is 4.79 Å². The molecule has 0 spiro atoms. The minimum Gasteiger partial charge on any atom is -0.497 e. The van der Waals surface area contributed by atoms with Gasteiger partial charge in [-0.25, -0.2) is 4.98 Å². The van der Waals surface area contributed by atoms with Crippen molar-refractivity contribution in [3.63, 3.8) is 0 Å². The Morgan fingerprint density at radius 3 is 2.52 bits per heavy atom. The van der Waals surface area contributed by atoms with Gasteiger partial charge >= 0.3 is 5.97 Å². The summed E-state index contributed by atoms with van der Waals surface area (Å²) in [7, 11) is 1.61. The standard InChI is InChI=1S/C19H16ClNO3S/c1-23-17-8-2-13(3-9-17)10-18(22)24-11-16-12-25-19(21-16)14-4-6-15(20)7-5-14/h2-9,12H,10-11H2,1H3. The van der Waals surface area contributed by atoms with Gasteiger partial charge in [0.2, 0.25) is 0 Å². The van der Waals surface area contributed by atoms with Gasteiger partial charge in [0.05, 0.1) is 19.2 Å². The highest BCUT2D eigenvalue weighted by Gasteiger charge is 2.09. The molecule has 3 rings (SSSR count). The SMILES string of the molecule is COc1ccc(CC(=O)OCc2csc(-c3ccc(Cl)cc3)n2)cc1. The van der Waals surface area contributed by atoms with Crippen molar-refractivity contribution in [2.24, 2.45) is 0 Å². The molecule has 0 aliphatic rings. The molecule has 6 heteroatoms. The summed E-state index contributed by atoms with van der Waals surface area (Å²) in [5, 5.41) is 3.45. The van der Waals surface area contributed by atoms with Crippen molar-refractivity contribution >= 4 is 28.9 Å². The van der Waals surface area contributed by atoms with E-state index in [1.54, 1.807) is 7.11 Å². The first kappa shape index (κ1) is 17.5. The van der Waals surface area contributed by atoms with Gasteiger partial charge in [0.15, 0.2) is 0 Å². The summed E-state index contributed by atoms with van der Waals surface area (Å²) in [6, 6.07) is 14.8. The molecule has 0 bridgehead atoms. The van der Waals surface area contributed by atoms with E-state index in [2.05, 4.69) is 4.98 Å². The lowest BCUT2D eigenvalue weighted by molar-refractivity contribution is -0.144. The van der Waals surface area contributed by atoms with Crippen molar-refractivity contribution in [1.82, 2.24) is 4.98 Å². The van der Waals surface area contributed by atoms with Crippen LogP contribution < -0.4 is 4.74 Å². The van der Waals surface area contributed by atoms with Crippen LogP contribution in [-0.2, 0) is 22.6 Å². The number of carbonyl (C=O) groups is 1. The van der Waals surface area contributed by atoms with Crippen molar-refractivity contribution in [2.45, 2.75) is 13.0 Å². The lowest BCUT2D eigenvalue weighted by atomic mass is 10.1. The molecule has 0 saturated carbocycles. The summed E-state index contributed by atoms with van der Waals surface area (Å²) in [5.74, 6) is 0.473. The largest absolute Gasteiger partial charge is 0.497 e. The highest BCUT2D eigenvalue weighted by atomic mass is 35.5. The molecule has 0 saturated heterocycles. The third kappa shape index (κ3) is 4.81. The minimum atomic E-state index is -0.286. The number of aromatic nitrogens is 1. The number of thiazole rings is 1. The molecule has 0 amide bonds. The van der Waals surface area contributed by atoms with Crippen molar-refractivity contribution in [3.05, 3.63) is 70.2 Å². The molecule has 0 radical (unpaired) electrons. The van der Waals surface area contributed by atoms with E-state index in [9.17, 15) is 4.79 Å². The van der Waals surface area contributed by atoms with Crippen LogP contribution >= 0.6 is 22.9 Å². The van der Waals surface area contributed by atoms with Crippen LogP contribution in [0.4, 0.5) is 0 Å². The van der Waals surface area contributed by atoms with E-state index in [-0.39, 0.29) is 19.0 Å². The lowest BCUT2D eigenvalue weighted by Gasteiger charge is -2.04. The fraction of sp³-hybridized carbons (Fsp3) is 0.158. The number of hydrogen-bond acceptors (Lipinski definition) is 5. The molecular weight excluding hydrogens is 358 g/mol. The summed E-state index contributed by atoms with van der Waals surface area (Å²) in [6.07, 6.45) is 0.220. The maximum absolute atomic E-state index is 12.0. The molecule has 3 aromatic rings. The molecule has 2 aromatic carbocycles. The van der Waals surface area contributed by atoms with E-state index < -0.39 is 0 Å². The van der Waals surface area contributed by atoms with Crippen molar-refractivity contribution in [1.29, 1.82) is 0 Å². The minimum absolute atomic E-state index is 0.166. The molecule has 0 aliphatic heterocycles. The molecule has 0 atom stereocenters. The Bertz CT molecular complexity index is 844. The number of carbonyl (C=O) groups excluding carboxylic acids is 1. The van der Waals surface area contributed by atoms with E-state index in [1.807, 2.05) is 53.9 Å². The van der Waals surface area contributed by atoms with Gasteiger partial charge in [0.1, 0.15) is 17.4 Å². The zero-order chi connectivity index (χ0) is 17.6. The number of esters is 1. The van der Waals surface area contributed by atoms with E-state index in [0.717, 1.165) is 27.6 Å². The normalized spacial score (nSPS) is 10.5. The van der Waals surface area contributed by atoms with Gasteiger partial charge in [-0.05, 0) is 29.8 Å². The van der Waals surface area contributed by atoms with Crippen molar-refractivity contribution < 1.29 is 14.3 Å². The average Bonchev–Trinajstić information content (AvgIpc) is 3.10. The van der Waals surface area contributed by atoms with Crippen molar-refractivity contribution in [3.8, 4) is 16.3 Å². The molecule has 0 N–H and O–H groups in total. The van der Waals surface area contributed by atoms with Gasteiger partial charge in [0, 0.05) is 16.0 Å². The Balaban J connectivity index is 1.54. The molecule has 128 valence electrons. The van der Waals surface area contributed by atoms with Gasteiger partial charge in [0.25, 0.3) is 0 Å². The van der Waals surface area contributed by atoms with Crippen LogP contribution in [0.25, 0.3) is 10.6 Å². The Morgan fingerprint density at radius 1 is 1.12 bits per heavy atom. The van der Waals surface area contributed by atoms with Crippen molar-refractivity contribution in [2.75, 3.05) is 7.11 Å². The summed E-state index contributed by atoms with van der Waals surface area (Å²) in [6.45, 7) is 0.166. The maximum Gasteiger partial charge on any atom is 0.310 e. The zero-order valence-electron chi connectivity index (χ0n) is 13.6. The third-order valence-electron chi connectivity index (χ3n) is 3.53. The number of nitrogens with zero attached hydrogens (tertiary/aromatic N) is 1. The van der Waals surface area contributed by atoms with Crippen LogP contribution in [0.3, 0.4) is 0 Å². The third-order valence-corrected chi connectivity index (χ3v) is 4.72. The van der Waals surface area contributed by atoms with Crippen LogP contribution in [0.15, 0.2) is 53.9 Å². The molecule has 0 fully saturated rings. The molecular formula is C19H16ClNO3S. The highest BCUT2D eigenvalue weighted by Crippen LogP contribution is 2.25. The monoisotopic (exact) mass is 373 g/mol. The quantitative estimate of drug-likeness (QED) is 0.584. The Labute approximate surface area is 155 Å². The second-order valence-corrected chi connectivity index (χ2v) is 6.63. The first-order chi connectivity index (χ1) is 12.1. The van der Waals surface area contributed by atoms with E-state index in [0.29, 0.717) is 5.02 Å². The molecule has 1 aromatic heterocycles. The second-order valence-electron chi connectivity index (χ2n) is 5.34. The molecule has 25 heavy (non-hydrogen) atoms. The molecule has 4 nitrogen and oxygen atoms in total. The number of rotatable bonds is 6. The van der Waals surface area contributed by atoms with Crippen LogP contribution in [0.1, 0.15) is 11.3 Å². The lowest BCUT2D eigenvalue weighted by Crippen LogP contribution is -2.08. The average molecular weight is 374 g/mol. The predicted octanol–water partition coefficient (Wildman–Crippen LogP) is 4.76.